The van der Waals surface area contributed by atoms with Crippen LogP contribution in [0.15, 0.2) is 48.5 Å². The van der Waals surface area contributed by atoms with Crippen LogP contribution in [0.25, 0.3) is 0 Å². The Morgan fingerprint density at radius 3 is 2.56 bits per heavy atom. The fraction of sp³-hybridized carbons (Fsp3) is 0.316. The molecule has 2 aromatic rings. The second kappa shape index (κ2) is 9.42. The molecule has 0 amide bonds. The maximum atomic E-state index is 10.8. The topological polar surface area (TPSA) is 72.8 Å². The van der Waals surface area contributed by atoms with Crippen LogP contribution in [0.4, 0.5) is 5.69 Å². The van der Waals surface area contributed by atoms with E-state index >= 15 is 0 Å². The predicted octanol–water partition coefficient (Wildman–Crippen LogP) is 3.42. The number of carboxylic acids is 1. The lowest BCUT2D eigenvalue weighted by Crippen LogP contribution is -2.41. The smallest absolute Gasteiger partial charge is 0.307 e. The van der Waals surface area contributed by atoms with E-state index in [2.05, 4.69) is 12.3 Å². The maximum absolute atomic E-state index is 10.8. The Balaban J connectivity index is 2.01. The van der Waals surface area contributed by atoms with Crippen LogP contribution in [-0.4, -0.2) is 29.3 Å². The van der Waals surface area contributed by atoms with Crippen LogP contribution in [0.1, 0.15) is 30.6 Å². The molecule has 0 aliphatic rings. The Kier molecular flexibility index (Phi) is 7.25. The van der Waals surface area contributed by atoms with E-state index in [0.29, 0.717) is 11.6 Å². The molecule has 2 rings (SSSR count). The highest BCUT2D eigenvalue weighted by Crippen LogP contribution is 2.19. The van der Waals surface area contributed by atoms with Crippen molar-refractivity contribution in [2.45, 2.75) is 25.9 Å². The monoisotopic (exact) mass is 362 g/mol. The zero-order valence-electron chi connectivity index (χ0n) is 14.2. The molecular formula is C19H23ClN2O3. The molecule has 0 saturated carbocycles. The molecule has 0 saturated heterocycles. The van der Waals surface area contributed by atoms with Crippen LogP contribution < -0.4 is 10.4 Å². The number of aliphatic hydroxyl groups is 1. The van der Waals surface area contributed by atoms with E-state index in [0.717, 1.165) is 29.8 Å². The van der Waals surface area contributed by atoms with Crippen molar-refractivity contribution in [1.82, 2.24) is 5.43 Å². The second-order valence-corrected chi connectivity index (χ2v) is 6.26. The first-order valence-corrected chi connectivity index (χ1v) is 8.62. The number of carboxylic acid groups (broad SMARTS) is 1. The summed E-state index contributed by atoms with van der Waals surface area (Å²) in [6.45, 7) is 3.18. The second-order valence-electron chi connectivity index (χ2n) is 5.82. The molecule has 25 heavy (non-hydrogen) atoms. The number of hydrogen-bond acceptors (Lipinski definition) is 4. The largest absolute Gasteiger partial charge is 0.481 e. The number of nitrogens with one attached hydrogen (secondary N) is 1. The Morgan fingerprint density at radius 1 is 1.24 bits per heavy atom. The first-order chi connectivity index (χ1) is 12.0. The van der Waals surface area contributed by atoms with Gasteiger partial charge in [0.05, 0.1) is 18.2 Å². The molecule has 0 bridgehead atoms. The fourth-order valence-corrected chi connectivity index (χ4v) is 2.72. The Hall–Kier alpha value is -2.08. The summed E-state index contributed by atoms with van der Waals surface area (Å²) in [7, 11) is 0. The molecule has 5 nitrogen and oxygen atoms in total. The molecule has 2 aromatic carbocycles. The highest BCUT2D eigenvalue weighted by atomic mass is 35.5. The third-order valence-electron chi connectivity index (χ3n) is 3.76. The number of hydrogen-bond donors (Lipinski definition) is 3. The number of hydrazine groups is 1. The zero-order valence-corrected chi connectivity index (χ0v) is 14.9. The maximum Gasteiger partial charge on any atom is 0.307 e. The van der Waals surface area contributed by atoms with Crippen molar-refractivity contribution in [3.63, 3.8) is 0 Å². The molecule has 134 valence electrons. The average molecular weight is 363 g/mol. The van der Waals surface area contributed by atoms with E-state index < -0.39 is 12.1 Å². The summed E-state index contributed by atoms with van der Waals surface area (Å²) in [5.74, 6) is -0.846. The molecular weight excluding hydrogens is 340 g/mol. The molecule has 0 unspecified atom stereocenters. The van der Waals surface area contributed by atoms with Crippen LogP contribution in [0.2, 0.25) is 5.02 Å². The summed E-state index contributed by atoms with van der Waals surface area (Å²) in [5.41, 5.74) is 5.68. The van der Waals surface area contributed by atoms with E-state index in [9.17, 15) is 9.90 Å². The summed E-state index contributed by atoms with van der Waals surface area (Å²) in [6.07, 6.45) is 0.260. The molecule has 6 heteroatoms. The molecule has 0 radical (unpaired) electrons. The van der Waals surface area contributed by atoms with Gasteiger partial charge >= 0.3 is 5.97 Å². The highest BCUT2D eigenvalue weighted by Gasteiger charge is 2.11. The predicted molar refractivity (Wildman–Crippen MR) is 99.8 cm³/mol. The van der Waals surface area contributed by atoms with Gasteiger partial charge in [0.25, 0.3) is 0 Å². The van der Waals surface area contributed by atoms with E-state index in [4.69, 9.17) is 16.7 Å². The normalized spacial score (nSPS) is 12.0. The fourth-order valence-electron chi connectivity index (χ4n) is 2.52. The van der Waals surface area contributed by atoms with Crippen molar-refractivity contribution in [2.24, 2.45) is 0 Å². The SMILES string of the molecule is CCCN(NC[C@H](O)c1cccc(Cl)c1)c1ccc(CC(=O)O)cc1. The molecule has 0 aromatic heterocycles. The third-order valence-corrected chi connectivity index (χ3v) is 3.99. The minimum atomic E-state index is -0.846. The van der Waals surface area contributed by atoms with E-state index in [-0.39, 0.29) is 6.42 Å². The lowest BCUT2D eigenvalue weighted by Gasteiger charge is -2.27. The zero-order chi connectivity index (χ0) is 18.2. The number of anilines is 1. The Bertz CT molecular complexity index is 691. The molecule has 0 spiro atoms. The highest BCUT2D eigenvalue weighted by molar-refractivity contribution is 6.30. The third kappa shape index (κ3) is 6.05. The van der Waals surface area contributed by atoms with Gasteiger partial charge < -0.3 is 15.2 Å². The summed E-state index contributed by atoms with van der Waals surface area (Å²) >= 11 is 5.96. The van der Waals surface area contributed by atoms with Crippen LogP contribution >= 0.6 is 11.6 Å². The number of nitrogens with zero attached hydrogens (tertiary/aromatic N) is 1. The lowest BCUT2D eigenvalue weighted by molar-refractivity contribution is -0.136. The van der Waals surface area contributed by atoms with Crippen molar-refractivity contribution in [3.8, 4) is 0 Å². The van der Waals surface area contributed by atoms with Gasteiger partial charge in [0.1, 0.15) is 0 Å². The minimum Gasteiger partial charge on any atom is -0.481 e. The van der Waals surface area contributed by atoms with Gasteiger partial charge in [-0.2, -0.15) is 0 Å². The first-order valence-electron chi connectivity index (χ1n) is 8.25. The van der Waals surface area contributed by atoms with Gasteiger partial charge in [-0.25, -0.2) is 5.43 Å². The van der Waals surface area contributed by atoms with Gasteiger partial charge in [0, 0.05) is 18.1 Å². The van der Waals surface area contributed by atoms with Crippen LogP contribution in [0.5, 0.6) is 0 Å². The average Bonchev–Trinajstić information content (AvgIpc) is 2.58. The number of aliphatic hydroxyl groups excluding tert-OH is 1. The van der Waals surface area contributed by atoms with Crippen LogP contribution in [-0.2, 0) is 11.2 Å². The summed E-state index contributed by atoms with van der Waals surface area (Å²) in [4.78, 5) is 10.8. The molecule has 0 aliphatic heterocycles. The van der Waals surface area contributed by atoms with E-state index in [1.165, 1.54) is 0 Å². The number of benzene rings is 2. The quantitative estimate of drug-likeness (QED) is 0.596. The Labute approximate surface area is 152 Å². The molecule has 0 aliphatic carbocycles. The Morgan fingerprint density at radius 2 is 1.96 bits per heavy atom. The van der Waals surface area contributed by atoms with Crippen molar-refractivity contribution < 1.29 is 15.0 Å². The van der Waals surface area contributed by atoms with Gasteiger partial charge in [-0.1, -0.05) is 42.8 Å². The summed E-state index contributed by atoms with van der Waals surface area (Å²) in [5, 5.41) is 21.7. The summed E-state index contributed by atoms with van der Waals surface area (Å²) in [6, 6.07) is 14.5. The van der Waals surface area contributed by atoms with Crippen LogP contribution in [0.3, 0.4) is 0 Å². The van der Waals surface area contributed by atoms with Gasteiger partial charge in [0.2, 0.25) is 0 Å². The standard InChI is InChI=1S/C19H23ClN2O3/c1-2-10-22(17-8-6-14(7-9-17)11-19(24)25)21-13-18(23)15-4-3-5-16(20)12-15/h3-9,12,18,21,23H,2,10-11,13H2,1H3,(H,24,25)/t18-/m0/s1. The lowest BCUT2D eigenvalue weighted by atomic mass is 10.1. The van der Waals surface area contributed by atoms with Gasteiger partial charge in [-0.05, 0) is 41.8 Å². The van der Waals surface area contributed by atoms with Crippen molar-refractivity contribution in [2.75, 3.05) is 18.1 Å². The number of aliphatic carboxylic acids is 1. The molecule has 0 heterocycles. The number of carbonyl (C=O) groups is 1. The van der Waals surface area contributed by atoms with E-state index in [1.54, 1.807) is 24.3 Å². The molecule has 3 N–H and O–H groups in total. The molecule has 0 fully saturated rings. The van der Waals surface area contributed by atoms with Crippen molar-refractivity contribution >= 4 is 23.3 Å². The first kappa shape index (κ1) is 19.2. The van der Waals surface area contributed by atoms with Gasteiger partial charge in [0.15, 0.2) is 0 Å². The van der Waals surface area contributed by atoms with Gasteiger partial charge in [-0.3, -0.25) is 4.79 Å². The van der Waals surface area contributed by atoms with E-state index in [1.807, 2.05) is 29.3 Å². The van der Waals surface area contributed by atoms with Gasteiger partial charge in [-0.15, -0.1) is 0 Å². The van der Waals surface area contributed by atoms with Crippen molar-refractivity contribution in [3.05, 3.63) is 64.7 Å². The van der Waals surface area contributed by atoms with Crippen LogP contribution in [0, 0.1) is 0 Å². The molecule has 1 atom stereocenters. The number of halogens is 1. The minimum absolute atomic E-state index is 0.00890. The summed E-state index contributed by atoms with van der Waals surface area (Å²) < 4.78 is 0. The number of rotatable bonds is 9. The van der Waals surface area contributed by atoms with Crippen molar-refractivity contribution in [1.29, 1.82) is 0 Å².